The molecule has 3 rings (SSSR count). The molecule has 0 saturated carbocycles. The number of anilines is 1. The van der Waals surface area contributed by atoms with Crippen molar-refractivity contribution >= 4 is 5.69 Å². The molecule has 1 heteroatoms. The Morgan fingerprint density at radius 1 is 1.05 bits per heavy atom. The molecule has 0 fully saturated rings. The maximum Gasteiger partial charge on any atom is 0.0516 e. The first-order valence-corrected chi connectivity index (χ1v) is 7.30. The molecule has 19 heavy (non-hydrogen) atoms. The molecule has 2 aromatic carbocycles. The van der Waals surface area contributed by atoms with Crippen LogP contribution in [0.25, 0.3) is 0 Å². The quantitative estimate of drug-likeness (QED) is 0.831. The van der Waals surface area contributed by atoms with Crippen molar-refractivity contribution in [3.63, 3.8) is 0 Å². The molecular formula is C18H21N. The summed E-state index contributed by atoms with van der Waals surface area (Å²) >= 11 is 0. The van der Waals surface area contributed by atoms with Crippen molar-refractivity contribution in [2.24, 2.45) is 0 Å². The molecular weight excluding hydrogens is 230 g/mol. The molecule has 2 aromatic rings. The minimum Gasteiger partial charge on any atom is -0.378 e. The minimum atomic E-state index is 0.470. The van der Waals surface area contributed by atoms with Crippen LogP contribution in [-0.2, 0) is 12.8 Å². The number of hydrogen-bond donors (Lipinski definition) is 1. The summed E-state index contributed by atoms with van der Waals surface area (Å²) in [6.07, 6.45) is 4.84. The Morgan fingerprint density at radius 2 is 1.84 bits per heavy atom. The Hall–Kier alpha value is -1.76. The minimum absolute atomic E-state index is 0.470. The average Bonchev–Trinajstić information content (AvgIpc) is 2.48. The van der Waals surface area contributed by atoms with Gasteiger partial charge >= 0.3 is 0 Å². The van der Waals surface area contributed by atoms with Gasteiger partial charge in [-0.1, -0.05) is 43.3 Å². The Kier molecular flexibility index (Phi) is 3.54. The van der Waals surface area contributed by atoms with Crippen LogP contribution in [0.4, 0.5) is 5.69 Å². The molecule has 1 N–H and O–H groups in total. The molecule has 1 aliphatic rings. The van der Waals surface area contributed by atoms with Gasteiger partial charge in [0, 0.05) is 5.69 Å². The topological polar surface area (TPSA) is 12.0 Å². The fourth-order valence-electron chi connectivity index (χ4n) is 2.94. The SMILES string of the molecule is CCc1ccc(NC2CCCc3ccccc32)cc1. The smallest absolute Gasteiger partial charge is 0.0516 e. The predicted octanol–water partition coefficient (Wildman–Crippen LogP) is 4.74. The number of benzene rings is 2. The van der Waals surface area contributed by atoms with Crippen LogP contribution in [0.3, 0.4) is 0 Å². The summed E-state index contributed by atoms with van der Waals surface area (Å²) in [6, 6.07) is 18.2. The fraction of sp³-hybridized carbons (Fsp3) is 0.333. The highest BCUT2D eigenvalue weighted by molar-refractivity contribution is 5.48. The molecule has 1 atom stereocenters. The highest BCUT2D eigenvalue weighted by atomic mass is 14.9. The summed E-state index contributed by atoms with van der Waals surface area (Å²) < 4.78 is 0. The van der Waals surface area contributed by atoms with Crippen LogP contribution in [0.2, 0.25) is 0 Å². The van der Waals surface area contributed by atoms with Gasteiger partial charge in [-0.3, -0.25) is 0 Å². The van der Waals surface area contributed by atoms with Crippen LogP contribution in [0, 0.1) is 0 Å². The van der Waals surface area contributed by atoms with E-state index in [1.807, 2.05) is 0 Å². The molecule has 1 aliphatic carbocycles. The van der Waals surface area contributed by atoms with Gasteiger partial charge < -0.3 is 5.32 Å². The van der Waals surface area contributed by atoms with Crippen LogP contribution < -0.4 is 5.32 Å². The molecule has 1 unspecified atom stereocenters. The van der Waals surface area contributed by atoms with E-state index in [1.165, 1.54) is 41.6 Å². The van der Waals surface area contributed by atoms with Crippen LogP contribution >= 0.6 is 0 Å². The zero-order valence-corrected chi connectivity index (χ0v) is 11.5. The lowest BCUT2D eigenvalue weighted by Crippen LogP contribution is -2.17. The normalized spacial score (nSPS) is 17.8. The third-order valence-corrected chi connectivity index (χ3v) is 4.07. The summed E-state index contributed by atoms with van der Waals surface area (Å²) in [5.41, 5.74) is 5.62. The lowest BCUT2D eigenvalue weighted by atomic mass is 9.87. The first-order chi connectivity index (χ1) is 9.36. The van der Waals surface area contributed by atoms with E-state index in [4.69, 9.17) is 0 Å². The van der Waals surface area contributed by atoms with Crippen molar-refractivity contribution in [1.29, 1.82) is 0 Å². The van der Waals surface area contributed by atoms with Crippen molar-refractivity contribution < 1.29 is 0 Å². The molecule has 0 aromatic heterocycles. The van der Waals surface area contributed by atoms with Gasteiger partial charge in [0.2, 0.25) is 0 Å². The van der Waals surface area contributed by atoms with Crippen molar-refractivity contribution in [2.45, 2.75) is 38.6 Å². The molecule has 0 radical (unpaired) electrons. The van der Waals surface area contributed by atoms with E-state index in [0.717, 1.165) is 6.42 Å². The Morgan fingerprint density at radius 3 is 2.63 bits per heavy atom. The lowest BCUT2D eigenvalue weighted by Gasteiger charge is -2.27. The summed E-state index contributed by atoms with van der Waals surface area (Å²) in [5.74, 6) is 0. The fourth-order valence-corrected chi connectivity index (χ4v) is 2.94. The molecule has 0 spiro atoms. The summed E-state index contributed by atoms with van der Waals surface area (Å²) in [5, 5.41) is 3.69. The van der Waals surface area contributed by atoms with E-state index in [9.17, 15) is 0 Å². The summed E-state index contributed by atoms with van der Waals surface area (Å²) in [7, 11) is 0. The lowest BCUT2D eigenvalue weighted by molar-refractivity contribution is 0.600. The monoisotopic (exact) mass is 251 g/mol. The molecule has 98 valence electrons. The zero-order chi connectivity index (χ0) is 13.1. The molecule has 0 amide bonds. The van der Waals surface area contributed by atoms with Gasteiger partial charge in [-0.15, -0.1) is 0 Å². The Bertz CT molecular complexity index is 542. The maximum absolute atomic E-state index is 3.69. The molecule has 0 heterocycles. The van der Waals surface area contributed by atoms with E-state index in [1.54, 1.807) is 0 Å². The Labute approximate surface area is 115 Å². The van der Waals surface area contributed by atoms with Gasteiger partial charge in [0.1, 0.15) is 0 Å². The summed E-state index contributed by atoms with van der Waals surface area (Å²) in [6.45, 7) is 2.19. The van der Waals surface area contributed by atoms with E-state index in [2.05, 4.69) is 60.8 Å². The molecule has 1 nitrogen and oxygen atoms in total. The summed E-state index contributed by atoms with van der Waals surface area (Å²) in [4.78, 5) is 0. The highest BCUT2D eigenvalue weighted by Gasteiger charge is 2.19. The van der Waals surface area contributed by atoms with E-state index >= 15 is 0 Å². The standard InChI is InChI=1S/C18H21N/c1-2-14-10-12-16(13-11-14)19-18-9-5-7-15-6-3-4-8-17(15)18/h3-4,6,8,10-13,18-19H,2,5,7,9H2,1H3. The first-order valence-electron chi connectivity index (χ1n) is 7.30. The van der Waals surface area contributed by atoms with Crippen molar-refractivity contribution in [1.82, 2.24) is 0 Å². The second kappa shape index (κ2) is 5.48. The highest BCUT2D eigenvalue weighted by Crippen LogP contribution is 2.32. The van der Waals surface area contributed by atoms with Gasteiger partial charge in [-0.05, 0) is 54.5 Å². The van der Waals surface area contributed by atoms with E-state index in [-0.39, 0.29) is 0 Å². The number of hydrogen-bond acceptors (Lipinski definition) is 1. The largest absolute Gasteiger partial charge is 0.378 e. The van der Waals surface area contributed by atoms with Gasteiger partial charge in [0.05, 0.1) is 6.04 Å². The molecule has 0 saturated heterocycles. The van der Waals surface area contributed by atoms with E-state index < -0.39 is 0 Å². The van der Waals surface area contributed by atoms with Gasteiger partial charge in [-0.25, -0.2) is 0 Å². The number of nitrogens with one attached hydrogen (secondary N) is 1. The predicted molar refractivity (Wildman–Crippen MR) is 81.6 cm³/mol. The van der Waals surface area contributed by atoms with Crippen molar-refractivity contribution in [2.75, 3.05) is 5.32 Å². The molecule has 0 aliphatic heterocycles. The number of fused-ring (bicyclic) bond motifs is 1. The van der Waals surface area contributed by atoms with Crippen LogP contribution in [0.5, 0.6) is 0 Å². The second-order valence-corrected chi connectivity index (χ2v) is 5.34. The average molecular weight is 251 g/mol. The first kappa shape index (κ1) is 12.3. The number of rotatable bonds is 3. The van der Waals surface area contributed by atoms with Crippen LogP contribution in [-0.4, -0.2) is 0 Å². The van der Waals surface area contributed by atoms with Crippen molar-refractivity contribution in [3.05, 3.63) is 65.2 Å². The Balaban J connectivity index is 1.80. The van der Waals surface area contributed by atoms with Gasteiger partial charge in [-0.2, -0.15) is 0 Å². The van der Waals surface area contributed by atoms with Crippen molar-refractivity contribution in [3.8, 4) is 0 Å². The number of aryl methyl sites for hydroxylation is 2. The maximum atomic E-state index is 3.69. The third kappa shape index (κ3) is 2.65. The van der Waals surface area contributed by atoms with Crippen LogP contribution in [0.15, 0.2) is 48.5 Å². The van der Waals surface area contributed by atoms with Crippen LogP contribution in [0.1, 0.15) is 42.5 Å². The second-order valence-electron chi connectivity index (χ2n) is 5.34. The van der Waals surface area contributed by atoms with Gasteiger partial charge in [0.15, 0.2) is 0 Å². The zero-order valence-electron chi connectivity index (χ0n) is 11.5. The van der Waals surface area contributed by atoms with Gasteiger partial charge in [0.25, 0.3) is 0 Å². The third-order valence-electron chi connectivity index (χ3n) is 4.07. The van der Waals surface area contributed by atoms with E-state index in [0.29, 0.717) is 6.04 Å². The molecule has 0 bridgehead atoms.